The summed E-state index contributed by atoms with van der Waals surface area (Å²) in [6.07, 6.45) is -0.0112. The van der Waals surface area contributed by atoms with Crippen LogP contribution in [-0.4, -0.2) is 11.1 Å². The molecule has 0 aromatic heterocycles. The SMILES string of the molecule is Nc1cc(I)ccc1CC(=O)O. The summed E-state index contributed by atoms with van der Waals surface area (Å²) in [5.74, 6) is -0.858. The van der Waals surface area contributed by atoms with Gasteiger partial charge >= 0.3 is 5.97 Å². The summed E-state index contributed by atoms with van der Waals surface area (Å²) in [5.41, 5.74) is 6.82. The van der Waals surface area contributed by atoms with Crippen LogP contribution in [-0.2, 0) is 11.2 Å². The zero-order valence-electron chi connectivity index (χ0n) is 6.25. The van der Waals surface area contributed by atoms with Crippen molar-refractivity contribution in [2.75, 3.05) is 5.73 Å². The van der Waals surface area contributed by atoms with Crippen LogP contribution in [0.15, 0.2) is 18.2 Å². The highest BCUT2D eigenvalue weighted by Crippen LogP contribution is 2.16. The third-order valence-electron chi connectivity index (χ3n) is 1.45. The molecule has 12 heavy (non-hydrogen) atoms. The van der Waals surface area contributed by atoms with Gasteiger partial charge in [-0.25, -0.2) is 0 Å². The number of nitrogen functional groups attached to an aromatic ring is 1. The lowest BCUT2D eigenvalue weighted by molar-refractivity contribution is -0.136. The van der Waals surface area contributed by atoms with Gasteiger partial charge in [0.2, 0.25) is 0 Å². The van der Waals surface area contributed by atoms with Crippen LogP contribution >= 0.6 is 22.6 Å². The maximum atomic E-state index is 10.3. The number of hydrogen-bond acceptors (Lipinski definition) is 2. The molecule has 0 aliphatic heterocycles. The quantitative estimate of drug-likeness (QED) is 0.636. The first-order valence-corrected chi connectivity index (χ1v) is 4.43. The molecule has 1 aromatic rings. The zero-order chi connectivity index (χ0) is 9.14. The summed E-state index contributed by atoms with van der Waals surface area (Å²) in [5, 5.41) is 8.50. The second kappa shape index (κ2) is 3.75. The zero-order valence-corrected chi connectivity index (χ0v) is 8.41. The van der Waals surface area contributed by atoms with E-state index in [4.69, 9.17) is 10.8 Å². The number of rotatable bonds is 2. The van der Waals surface area contributed by atoms with Crippen LogP contribution in [0.2, 0.25) is 0 Å². The van der Waals surface area contributed by atoms with E-state index in [-0.39, 0.29) is 6.42 Å². The maximum Gasteiger partial charge on any atom is 0.307 e. The monoisotopic (exact) mass is 277 g/mol. The van der Waals surface area contributed by atoms with Gasteiger partial charge in [0, 0.05) is 9.26 Å². The number of carbonyl (C=O) groups is 1. The lowest BCUT2D eigenvalue weighted by atomic mass is 10.1. The molecule has 0 saturated carbocycles. The van der Waals surface area contributed by atoms with Gasteiger partial charge < -0.3 is 10.8 Å². The normalized spacial score (nSPS) is 9.75. The molecule has 0 aliphatic rings. The van der Waals surface area contributed by atoms with Crippen LogP contribution in [0, 0.1) is 3.57 Å². The van der Waals surface area contributed by atoms with E-state index in [1.165, 1.54) is 0 Å². The highest BCUT2D eigenvalue weighted by atomic mass is 127. The van der Waals surface area contributed by atoms with Crippen LogP contribution in [0.5, 0.6) is 0 Å². The molecule has 3 N–H and O–H groups in total. The number of anilines is 1. The molecule has 4 heteroatoms. The summed E-state index contributed by atoms with van der Waals surface area (Å²) in [6.45, 7) is 0. The van der Waals surface area contributed by atoms with Crippen molar-refractivity contribution < 1.29 is 9.90 Å². The number of nitrogens with two attached hydrogens (primary N) is 1. The Balaban J connectivity index is 2.93. The van der Waals surface area contributed by atoms with Gasteiger partial charge in [-0.1, -0.05) is 6.07 Å². The Labute approximate surface area is 83.7 Å². The van der Waals surface area contributed by atoms with Gasteiger partial charge in [0.05, 0.1) is 6.42 Å². The minimum Gasteiger partial charge on any atom is -0.481 e. The minimum atomic E-state index is -0.858. The molecule has 64 valence electrons. The molecular formula is C8H8INO2. The molecule has 0 amide bonds. The van der Waals surface area contributed by atoms with Crippen LogP contribution in [0.1, 0.15) is 5.56 Å². The van der Waals surface area contributed by atoms with Crippen molar-refractivity contribution in [2.45, 2.75) is 6.42 Å². The van der Waals surface area contributed by atoms with E-state index in [9.17, 15) is 4.79 Å². The fourth-order valence-corrected chi connectivity index (χ4v) is 1.40. The molecule has 0 bridgehead atoms. The third-order valence-corrected chi connectivity index (χ3v) is 2.12. The summed E-state index contributed by atoms with van der Waals surface area (Å²) in [6, 6.07) is 5.35. The van der Waals surface area contributed by atoms with E-state index in [0.29, 0.717) is 11.3 Å². The first-order chi connectivity index (χ1) is 5.59. The molecule has 0 radical (unpaired) electrons. The van der Waals surface area contributed by atoms with Crippen LogP contribution in [0.4, 0.5) is 5.69 Å². The fourth-order valence-electron chi connectivity index (χ4n) is 0.890. The number of hydrogen-bond donors (Lipinski definition) is 2. The predicted octanol–water partition coefficient (Wildman–Crippen LogP) is 1.50. The molecule has 0 heterocycles. The second-order valence-electron chi connectivity index (χ2n) is 2.41. The largest absolute Gasteiger partial charge is 0.481 e. The van der Waals surface area contributed by atoms with Crippen LogP contribution in [0.3, 0.4) is 0 Å². The number of halogens is 1. The number of aliphatic carboxylic acids is 1. The van der Waals surface area contributed by atoms with Crippen LogP contribution in [0.25, 0.3) is 0 Å². The molecule has 1 rings (SSSR count). The lowest BCUT2D eigenvalue weighted by Crippen LogP contribution is -2.03. The Morgan fingerprint density at radius 3 is 2.75 bits per heavy atom. The second-order valence-corrected chi connectivity index (χ2v) is 3.66. The average molecular weight is 277 g/mol. The highest BCUT2D eigenvalue weighted by Gasteiger charge is 2.03. The molecule has 0 spiro atoms. The summed E-state index contributed by atoms with van der Waals surface area (Å²) in [7, 11) is 0. The molecule has 0 saturated heterocycles. The Bertz CT molecular complexity index is 312. The van der Waals surface area contributed by atoms with E-state index >= 15 is 0 Å². The minimum absolute atomic E-state index is 0.0112. The topological polar surface area (TPSA) is 63.3 Å². The molecule has 0 atom stereocenters. The fraction of sp³-hybridized carbons (Fsp3) is 0.125. The van der Waals surface area contributed by atoms with E-state index in [0.717, 1.165) is 3.57 Å². The summed E-state index contributed by atoms with van der Waals surface area (Å²) >= 11 is 2.13. The molecular weight excluding hydrogens is 269 g/mol. The van der Waals surface area contributed by atoms with E-state index in [2.05, 4.69) is 22.6 Å². The standard InChI is InChI=1S/C8H8INO2/c9-6-2-1-5(3-8(11)12)7(10)4-6/h1-2,4H,3,10H2,(H,11,12). The van der Waals surface area contributed by atoms with Crippen LogP contribution < -0.4 is 5.73 Å². The van der Waals surface area contributed by atoms with Crippen molar-refractivity contribution in [1.29, 1.82) is 0 Å². The predicted molar refractivity (Wildman–Crippen MR) is 54.9 cm³/mol. The average Bonchev–Trinajstić information content (AvgIpc) is 1.94. The molecule has 3 nitrogen and oxygen atoms in total. The summed E-state index contributed by atoms with van der Waals surface area (Å²) < 4.78 is 1.01. The van der Waals surface area contributed by atoms with Crippen molar-refractivity contribution in [1.82, 2.24) is 0 Å². The number of carboxylic acids is 1. The smallest absolute Gasteiger partial charge is 0.307 e. The van der Waals surface area contributed by atoms with E-state index in [1.54, 1.807) is 12.1 Å². The van der Waals surface area contributed by atoms with Gasteiger partial charge in [-0.15, -0.1) is 0 Å². The van der Waals surface area contributed by atoms with E-state index in [1.807, 2.05) is 6.07 Å². The first kappa shape index (κ1) is 9.31. The van der Waals surface area contributed by atoms with Crippen molar-refractivity contribution in [3.8, 4) is 0 Å². The van der Waals surface area contributed by atoms with Gasteiger partial charge in [-0.3, -0.25) is 4.79 Å². The molecule has 0 aliphatic carbocycles. The summed E-state index contributed by atoms with van der Waals surface area (Å²) in [4.78, 5) is 10.3. The van der Waals surface area contributed by atoms with Crippen molar-refractivity contribution in [3.63, 3.8) is 0 Å². The highest BCUT2D eigenvalue weighted by molar-refractivity contribution is 14.1. The van der Waals surface area contributed by atoms with E-state index < -0.39 is 5.97 Å². The Morgan fingerprint density at radius 1 is 1.58 bits per heavy atom. The van der Waals surface area contributed by atoms with Gasteiger partial charge in [0.15, 0.2) is 0 Å². The lowest BCUT2D eigenvalue weighted by Gasteiger charge is -2.02. The van der Waals surface area contributed by atoms with Gasteiger partial charge in [0.1, 0.15) is 0 Å². The molecule has 0 fully saturated rings. The Morgan fingerprint density at radius 2 is 2.25 bits per heavy atom. The Hall–Kier alpha value is -0.780. The molecule has 0 unspecified atom stereocenters. The number of benzene rings is 1. The van der Waals surface area contributed by atoms with Gasteiger partial charge in [-0.2, -0.15) is 0 Å². The van der Waals surface area contributed by atoms with Gasteiger partial charge in [-0.05, 0) is 40.3 Å². The Kier molecular flexibility index (Phi) is 2.91. The first-order valence-electron chi connectivity index (χ1n) is 3.35. The number of carboxylic acid groups (broad SMARTS) is 1. The molecule has 1 aromatic carbocycles. The van der Waals surface area contributed by atoms with Crippen molar-refractivity contribution in [2.24, 2.45) is 0 Å². The maximum absolute atomic E-state index is 10.3. The van der Waals surface area contributed by atoms with Gasteiger partial charge in [0.25, 0.3) is 0 Å². The van der Waals surface area contributed by atoms with Crippen molar-refractivity contribution in [3.05, 3.63) is 27.3 Å². The third kappa shape index (κ3) is 2.37. The van der Waals surface area contributed by atoms with Crippen molar-refractivity contribution >= 4 is 34.2 Å².